The van der Waals surface area contributed by atoms with E-state index in [1.54, 1.807) is 47.5 Å². The molecule has 7 nitrogen and oxygen atoms in total. The van der Waals surface area contributed by atoms with Crippen LogP contribution >= 0.6 is 11.3 Å². The molecule has 1 aliphatic rings. The van der Waals surface area contributed by atoms with Crippen molar-refractivity contribution >= 4 is 40.5 Å². The number of thiophene rings is 1. The Morgan fingerprint density at radius 2 is 1.75 bits per heavy atom. The highest BCUT2D eigenvalue weighted by atomic mass is 32.1. The molecule has 36 heavy (non-hydrogen) atoms. The van der Waals surface area contributed by atoms with Gasteiger partial charge in [0, 0.05) is 28.7 Å². The summed E-state index contributed by atoms with van der Waals surface area (Å²) in [6, 6.07) is 14.0. The minimum atomic E-state index is -1.05. The van der Waals surface area contributed by atoms with Crippen molar-refractivity contribution in [2.75, 3.05) is 10.2 Å². The zero-order valence-electron chi connectivity index (χ0n) is 20.7. The topological polar surface area (TPSA) is 99.6 Å². The summed E-state index contributed by atoms with van der Waals surface area (Å²) in [6.45, 7) is 6.06. The third-order valence-electron chi connectivity index (χ3n) is 6.61. The Bertz CT molecular complexity index is 1230. The van der Waals surface area contributed by atoms with E-state index in [0.29, 0.717) is 23.0 Å². The van der Waals surface area contributed by atoms with Crippen molar-refractivity contribution in [2.24, 2.45) is 11.8 Å². The molecule has 0 unspecified atom stereocenters. The molecule has 0 bridgehead atoms. The number of aromatic carboxylic acids is 1. The first kappa shape index (κ1) is 25.6. The number of pyridine rings is 1. The molecule has 188 valence electrons. The van der Waals surface area contributed by atoms with Gasteiger partial charge in [-0.2, -0.15) is 0 Å². The molecule has 1 aliphatic carbocycles. The Kier molecular flexibility index (Phi) is 7.84. The van der Waals surface area contributed by atoms with E-state index < -0.39 is 5.97 Å². The molecule has 3 aromatic rings. The van der Waals surface area contributed by atoms with Crippen LogP contribution in [0.1, 0.15) is 66.6 Å². The molecule has 0 spiro atoms. The summed E-state index contributed by atoms with van der Waals surface area (Å²) >= 11 is 1.16. The van der Waals surface area contributed by atoms with Gasteiger partial charge < -0.3 is 15.3 Å². The van der Waals surface area contributed by atoms with E-state index in [9.17, 15) is 19.5 Å². The fraction of sp³-hybridized carbons (Fsp3) is 0.357. The Morgan fingerprint density at radius 1 is 1.06 bits per heavy atom. The lowest BCUT2D eigenvalue weighted by molar-refractivity contribution is -0.123. The molecule has 1 fully saturated rings. The highest BCUT2D eigenvalue weighted by Crippen LogP contribution is 2.40. The molecule has 0 saturated heterocycles. The molecule has 0 atom stereocenters. The van der Waals surface area contributed by atoms with Gasteiger partial charge in [0.25, 0.3) is 5.91 Å². The molecule has 2 heterocycles. The van der Waals surface area contributed by atoms with E-state index in [1.807, 2.05) is 26.0 Å². The van der Waals surface area contributed by atoms with Crippen molar-refractivity contribution < 1.29 is 19.5 Å². The maximum absolute atomic E-state index is 13.5. The zero-order valence-corrected chi connectivity index (χ0v) is 21.5. The monoisotopic (exact) mass is 505 g/mol. The van der Waals surface area contributed by atoms with Crippen LogP contribution in [-0.2, 0) is 4.79 Å². The summed E-state index contributed by atoms with van der Waals surface area (Å²) in [6.07, 6.45) is 5.29. The number of hydrogen-bond donors (Lipinski definition) is 2. The van der Waals surface area contributed by atoms with E-state index in [-0.39, 0.29) is 28.7 Å². The lowest BCUT2D eigenvalue weighted by atomic mass is 9.82. The predicted molar refractivity (Wildman–Crippen MR) is 143 cm³/mol. The lowest BCUT2D eigenvalue weighted by Gasteiger charge is -2.33. The highest BCUT2D eigenvalue weighted by Gasteiger charge is 2.33. The number of hydrogen-bond acceptors (Lipinski definition) is 5. The molecule has 2 aromatic heterocycles. The number of nitrogens with zero attached hydrogens (tertiary/aromatic N) is 2. The number of nitrogens with one attached hydrogen (secondary N) is 1. The predicted octanol–water partition coefficient (Wildman–Crippen LogP) is 6.33. The fourth-order valence-electron chi connectivity index (χ4n) is 4.62. The summed E-state index contributed by atoms with van der Waals surface area (Å²) in [5.74, 6) is -0.790. The largest absolute Gasteiger partial charge is 0.477 e. The van der Waals surface area contributed by atoms with Crippen LogP contribution in [0.15, 0.2) is 54.7 Å². The van der Waals surface area contributed by atoms with Crippen LogP contribution in [0.2, 0.25) is 0 Å². The van der Waals surface area contributed by atoms with Gasteiger partial charge in [-0.15, -0.1) is 11.3 Å². The second kappa shape index (κ2) is 11.0. The molecular weight excluding hydrogens is 474 g/mol. The van der Waals surface area contributed by atoms with Crippen molar-refractivity contribution in [2.45, 2.75) is 52.5 Å². The number of carbonyl (C=O) groups excluding carboxylic acids is 2. The average Bonchev–Trinajstić information content (AvgIpc) is 3.30. The first-order valence-corrected chi connectivity index (χ1v) is 13.1. The van der Waals surface area contributed by atoms with Gasteiger partial charge in [-0.05, 0) is 81.3 Å². The zero-order chi connectivity index (χ0) is 25.8. The number of amides is 2. The summed E-state index contributed by atoms with van der Waals surface area (Å²) in [7, 11) is 0. The quantitative estimate of drug-likeness (QED) is 0.391. The summed E-state index contributed by atoms with van der Waals surface area (Å²) in [5.41, 5.74) is 2.19. The van der Waals surface area contributed by atoms with Gasteiger partial charge in [-0.1, -0.05) is 25.1 Å². The van der Waals surface area contributed by atoms with E-state index >= 15 is 0 Å². The second-order valence-electron chi connectivity index (χ2n) is 9.64. The van der Waals surface area contributed by atoms with Crippen molar-refractivity contribution in [3.8, 4) is 10.4 Å². The molecule has 1 saturated carbocycles. The first-order chi connectivity index (χ1) is 17.2. The molecule has 4 rings (SSSR count). The van der Waals surface area contributed by atoms with Crippen LogP contribution in [-0.4, -0.2) is 33.9 Å². The van der Waals surface area contributed by atoms with Gasteiger partial charge in [0.15, 0.2) is 0 Å². The number of rotatable bonds is 7. The fourth-order valence-corrected chi connectivity index (χ4v) is 5.61. The van der Waals surface area contributed by atoms with E-state index in [4.69, 9.17) is 0 Å². The molecule has 0 aliphatic heterocycles. The van der Waals surface area contributed by atoms with Gasteiger partial charge >= 0.3 is 5.97 Å². The van der Waals surface area contributed by atoms with Crippen molar-refractivity contribution in [3.05, 3.63) is 65.3 Å². The molecule has 2 N–H and O–H groups in total. The smallest absolute Gasteiger partial charge is 0.348 e. The maximum Gasteiger partial charge on any atom is 0.348 e. The van der Waals surface area contributed by atoms with Crippen LogP contribution in [0.4, 0.5) is 11.4 Å². The van der Waals surface area contributed by atoms with E-state index in [0.717, 1.165) is 47.5 Å². The van der Waals surface area contributed by atoms with E-state index in [2.05, 4.69) is 17.2 Å². The number of carboxylic acid groups (broad SMARTS) is 1. The summed E-state index contributed by atoms with van der Waals surface area (Å²) < 4.78 is 0. The highest BCUT2D eigenvalue weighted by molar-refractivity contribution is 7.18. The SMILES string of the molecule is CC1CCC(C(=O)N(c2cc(-c3ccc(NC(=O)c4ccccn4)cc3)sc2C(=O)O)C(C)C)CC1. The number of benzene rings is 1. The second-order valence-corrected chi connectivity index (χ2v) is 10.7. The van der Waals surface area contributed by atoms with E-state index in [1.165, 1.54) is 0 Å². The normalized spacial score (nSPS) is 17.6. The third kappa shape index (κ3) is 5.65. The van der Waals surface area contributed by atoms with Gasteiger partial charge in [-0.3, -0.25) is 14.6 Å². The van der Waals surface area contributed by atoms with Crippen molar-refractivity contribution in [3.63, 3.8) is 0 Å². The van der Waals surface area contributed by atoms with Crippen LogP contribution in [0.5, 0.6) is 0 Å². The van der Waals surface area contributed by atoms with Crippen molar-refractivity contribution in [1.29, 1.82) is 0 Å². The summed E-state index contributed by atoms with van der Waals surface area (Å²) in [4.78, 5) is 44.7. The van der Waals surface area contributed by atoms with Crippen LogP contribution in [0.3, 0.4) is 0 Å². The van der Waals surface area contributed by atoms with Gasteiger partial charge in [0.1, 0.15) is 10.6 Å². The minimum absolute atomic E-state index is 0.0105. The Labute approximate surface area is 215 Å². The van der Waals surface area contributed by atoms with Gasteiger partial charge in [0.05, 0.1) is 5.69 Å². The van der Waals surface area contributed by atoms with Crippen LogP contribution < -0.4 is 10.2 Å². The van der Waals surface area contributed by atoms with Crippen LogP contribution in [0.25, 0.3) is 10.4 Å². The molecule has 0 radical (unpaired) electrons. The van der Waals surface area contributed by atoms with Crippen LogP contribution in [0, 0.1) is 11.8 Å². The molecule has 1 aromatic carbocycles. The number of anilines is 2. The Balaban J connectivity index is 1.58. The summed E-state index contributed by atoms with van der Waals surface area (Å²) in [5, 5.41) is 12.8. The maximum atomic E-state index is 13.5. The Hall–Kier alpha value is -3.52. The van der Waals surface area contributed by atoms with Gasteiger partial charge in [-0.25, -0.2) is 4.79 Å². The third-order valence-corrected chi connectivity index (χ3v) is 7.77. The first-order valence-electron chi connectivity index (χ1n) is 12.3. The molecular formula is C28H31N3O4S. The molecule has 8 heteroatoms. The number of carbonyl (C=O) groups is 3. The number of aromatic nitrogens is 1. The lowest BCUT2D eigenvalue weighted by Crippen LogP contribution is -2.42. The average molecular weight is 506 g/mol. The molecule has 2 amide bonds. The van der Waals surface area contributed by atoms with Gasteiger partial charge in [0.2, 0.25) is 5.91 Å². The minimum Gasteiger partial charge on any atom is -0.477 e. The standard InChI is InChI=1S/C28H31N3O4S/c1-17(2)31(27(33)20-9-7-18(3)8-10-20)23-16-24(36-25(23)28(34)35)19-11-13-21(14-12-19)30-26(32)22-6-4-5-15-29-22/h4-6,11-18,20H,7-10H2,1-3H3,(H,30,32)(H,34,35). The number of carboxylic acids is 1. The van der Waals surface area contributed by atoms with Crippen molar-refractivity contribution in [1.82, 2.24) is 4.98 Å². The Morgan fingerprint density at radius 3 is 2.33 bits per heavy atom.